The highest BCUT2D eigenvalue weighted by Gasteiger charge is 2.09. The zero-order valence-electron chi connectivity index (χ0n) is 14.3. The summed E-state index contributed by atoms with van der Waals surface area (Å²) in [6.07, 6.45) is 2.64. The van der Waals surface area contributed by atoms with Crippen LogP contribution < -0.4 is 10.1 Å². The number of anilines is 1. The van der Waals surface area contributed by atoms with Crippen molar-refractivity contribution >= 4 is 5.82 Å². The Hall–Kier alpha value is -3.06. The summed E-state index contributed by atoms with van der Waals surface area (Å²) in [4.78, 5) is 12.9. The molecule has 1 unspecified atom stereocenters. The number of hydrogen-bond donors (Lipinski definition) is 2. The van der Waals surface area contributed by atoms with Gasteiger partial charge < -0.3 is 15.2 Å². The number of aryl methyl sites for hydroxylation is 1. The van der Waals surface area contributed by atoms with Crippen molar-refractivity contribution in [2.24, 2.45) is 0 Å². The minimum Gasteiger partial charge on any atom is -0.491 e. The molecule has 1 atom stereocenters. The highest BCUT2D eigenvalue weighted by molar-refractivity contribution is 5.56. The Kier molecular flexibility index (Phi) is 5.70. The first-order chi connectivity index (χ1) is 12.6. The van der Waals surface area contributed by atoms with E-state index in [-0.39, 0.29) is 19.0 Å². The number of nitrogens with zero attached hydrogens (tertiary/aromatic N) is 3. The molecule has 0 aliphatic heterocycles. The molecule has 0 bridgehead atoms. The van der Waals surface area contributed by atoms with Crippen LogP contribution in [0.5, 0.6) is 5.75 Å². The first-order valence-electron chi connectivity index (χ1n) is 8.16. The number of aliphatic hydroxyl groups is 1. The van der Waals surface area contributed by atoms with E-state index in [1.54, 1.807) is 18.5 Å². The average Bonchev–Trinajstić information content (AvgIpc) is 2.66. The van der Waals surface area contributed by atoms with E-state index in [4.69, 9.17) is 4.74 Å². The number of nitrogens with one attached hydrogen (secondary N) is 1. The van der Waals surface area contributed by atoms with Crippen molar-refractivity contribution in [3.05, 3.63) is 66.4 Å². The Morgan fingerprint density at radius 1 is 1.19 bits per heavy atom. The van der Waals surface area contributed by atoms with E-state index in [9.17, 15) is 9.50 Å². The van der Waals surface area contributed by atoms with Gasteiger partial charge in [-0.05, 0) is 43.3 Å². The highest BCUT2D eigenvalue weighted by atomic mass is 19.1. The van der Waals surface area contributed by atoms with E-state index in [1.165, 1.54) is 24.3 Å². The molecule has 3 rings (SSSR count). The van der Waals surface area contributed by atoms with Crippen molar-refractivity contribution in [1.29, 1.82) is 0 Å². The zero-order chi connectivity index (χ0) is 18.4. The van der Waals surface area contributed by atoms with Gasteiger partial charge in [0.1, 0.15) is 30.1 Å². The maximum atomic E-state index is 12.9. The lowest BCUT2D eigenvalue weighted by molar-refractivity contribution is 0.117. The lowest BCUT2D eigenvalue weighted by Gasteiger charge is -2.14. The van der Waals surface area contributed by atoms with Gasteiger partial charge >= 0.3 is 0 Å². The molecule has 2 aromatic heterocycles. The fourth-order valence-electron chi connectivity index (χ4n) is 2.29. The second kappa shape index (κ2) is 8.35. The number of aliphatic hydroxyl groups excluding tert-OH is 1. The first kappa shape index (κ1) is 17.8. The summed E-state index contributed by atoms with van der Waals surface area (Å²) in [7, 11) is 0. The van der Waals surface area contributed by atoms with Crippen molar-refractivity contribution in [2.45, 2.75) is 13.0 Å². The van der Waals surface area contributed by atoms with Crippen LogP contribution in [0.2, 0.25) is 0 Å². The lowest BCUT2D eigenvalue weighted by Crippen LogP contribution is -2.26. The molecule has 134 valence electrons. The molecule has 26 heavy (non-hydrogen) atoms. The van der Waals surface area contributed by atoms with Gasteiger partial charge in [0, 0.05) is 36.3 Å². The third kappa shape index (κ3) is 4.97. The topological polar surface area (TPSA) is 80.2 Å². The van der Waals surface area contributed by atoms with E-state index in [0.717, 1.165) is 11.3 Å². The molecular formula is C19H19FN4O2. The van der Waals surface area contributed by atoms with Crippen LogP contribution >= 0.6 is 0 Å². The summed E-state index contributed by atoms with van der Waals surface area (Å²) in [5.41, 5.74) is 1.62. The first-order valence-corrected chi connectivity index (χ1v) is 8.16. The van der Waals surface area contributed by atoms with Gasteiger partial charge in [0.15, 0.2) is 5.82 Å². The van der Waals surface area contributed by atoms with Gasteiger partial charge in [-0.2, -0.15) is 0 Å². The average molecular weight is 354 g/mol. The van der Waals surface area contributed by atoms with Crippen LogP contribution in [-0.2, 0) is 0 Å². The summed E-state index contributed by atoms with van der Waals surface area (Å²) in [5, 5.41) is 13.1. The summed E-state index contributed by atoms with van der Waals surface area (Å²) < 4.78 is 18.3. The number of halogens is 1. The van der Waals surface area contributed by atoms with E-state index < -0.39 is 6.10 Å². The standard InChI is InChI=1S/C19H19FN4O2/c1-13-9-18(24-19(23-13)14-3-2-8-21-10-14)22-11-16(25)12-26-17-6-4-15(20)5-7-17/h2-10,16,25H,11-12H2,1H3,(H,22,23,24). The van der Waals surface area contributed by atoms with Crippen LogP contribution in [-0.4, -0.2) is 39.3 Å². The summed E-state index contributed by atoms with van der Waals surface area (Å²) >= 11 is 0. The van der Waals surface area contributed by atoms with Gasteiger partial charge in [0.2, 0.25) is 0 Å². The fraction of sp³-hybridized carbons (Fsp3) is 0.211. The van der Waals surface area contributed by atoms with Gasteiger partial charge in [0.25, 0.3) is 0 Å². The second-order valence-electron chi connectivity index (χ2n) is 5.76. The normalized spacial score (nSPS) is 11.8. The van der Waals surface area contributed by atoms with E-state index in [2.05, 4.69) is 20.3 Å². The second-order valence-corrected chi connectivity index (χ2v) is 5.76. The number of hydrogen-bond acceptors (Lipinski definition) is 6. The number of aromatic nitrogens is 3. The van der Waals surface area contributed by atoms with Crippen LogP contribution in [0.1, 0.15) is 5.69 Å². The van der Waals surface area contributed by atoms with Gasteiger partial charge in [-0.15, -0.1) is 0 Å². The molecule has 0 radical (unpaired) electrons. The van der Waals surface area contributed by atoms with E-state index in [0.29, 0.717) is 17.4 Å². The van der Waals surface area contributed by atoms with Gasteiger partial charge in [0.05, 0.1) is 0 Å². The van der Waals surface area contributed by atoms with Gasteiger partial charge in [-0.1, -0.05) is 0 Å². The minimum absolute atomic E-state index is 0.0815. The van der Waals surface area contributed by atoms with Crippen LogP contribution in [0.25, 0.3) is 11.4 Å². The SMILES string of the molecule is Cc1cc(NCC(O)COc2ccc(F)cc2)nc(-c2cccnc2)n1. The van der Waals surface area contributed by atoms with Crippen LogP contribution in [0.15, 0.2) is 54.9 Å². The Morgan fingerprint density at radius 3 is 2.73 bits per heavy atom. The number of ether oxygens (including phenoxy) is 1. The van der Waals surface area contributed by atoms with E-state index in [1.807, 2.05) is 19.1 Å². The predicted octanol–water partition coefficient (Wildman–Crippen LogP) is 2.84. The predicted molar refractivity (Wildman–Crippen MR) is 96.4 cm³/mol. The number of pyridine rings is 1. The molecule has 2 heterocycles. The molecule has 0 amide bonds. The quantitative estimate of drug-likeness (QED) is 0.679. The molecule has 6 nitrogen and oxygen atoms in total. The van der Waals surface area contributed by atoms with Crippen LogP contribution in [0.4, 0.5) is 10.2 Å². The van der Waals surface area contributed by atoms with Crippen molar-refractivity contribution in [3.8, 4) is 17.1 Å². The summed E-state index contributed by atoms with van der Waals surface area (Å²) in [6.45, 7) is 2.21. The maximum Gasteiger partial charge on any atom is 0.163 e. The molecule has 0 saturated carbocycles. The molecule has 2 N–H and O–H groups in total. The smallest absolute Gasteiger partial charge is 0.163 e. The van der Waals surface area contributed by atoms with Crippen LogP contribution in [0.3, 0.4) is 0 Å². The third-order valence-corrected chi connectivity index (χ3v) is 3.55. The molecule has 0 saturated heterocycles. The van der Waals surface area contributed by atoms with Crippen molar-refractivity contribution in [3.63, 3.8) is 0 Å². The molecule has 0 aliphatic rings. The molecule has 1 aromatic carbocycles. The molecular weight excluding hydrogens is 335 g/mol. The number of benzene rings is 1. The molecule has 0 aliphatic carbocycles. The monoisotopic (exact) mass is 354 g/mol. The van der Waals surface area contributed by atoms with Crippen molar-refractivity contribution in [2.75, 3.05) is 18.5 Å². The maximum absolute atomic E-state index is 12.9. The Labute approximate surface area is 150 Å². The number of rotatable bonds is 7. The minimum atomic E-state index is -0.753. The highest BCUT2D eigenvalue weighted by Crippen LogP contribution is 2.17. The Morgan fingerprint density at radius 2 is 2.00 bits per heavy atom. The van der Waals surface area contributed by atoms with Crippen molar-refractivity contribution in [1.82, 2.24) is 15.0 Å². The Bertz CT molecular complexity index is 844. The van der Waals surface area contributed by atoms with Crippen LogP contribution in [0, 0.1) is 12.7 Å². The lowest BCUT2D eigenvalue weighted by atomic mass is 10.2. The van der Waals surface area contributed by atoms with E-state index >= 15 is 0 Å². The Balaban J connectivity index is 1.57. The summed E-state index contributed by atoms with van der Waals surface area (Å²) in [6, 6.07) is 11.2. The third-order valence-electron chi connectivity index (χ3n) is 3.55. The van der Waals surface area contributed by atoms with Gasteiger partial charge in [-0.3, -0.25) is 4.98 Å². The fourth-order valence-corrected chi connectivity index (χ4v) is 2.29. The molecule has 0 spiro atoms. The molecule has 7 heteroatoms. The van der Waals surface area contributed by atoms with Crippen molar-refractivity contribution < 1.29 is 14.2 Å². The molecule has 3 aromatic rings. The molecule has 0 fully saturated rings. The largest absolute Gasteiger partial charge is 0.491 e. The van der Waals surface area contributed by atoms with Gasteiger partial charge in [-0.25, -0.2) is 14.4 Å². The zero-order valence-corrected chi connectivity index (χ0v) is 14.3. The summed E-state index contributed by atoms with van der Waals surface area (Å²) in [5.74, 6) is 1.35.